The van der Waals surface area contributed by atoms with Gasteiger partial charge >= 0.3 is 0 Å². The molecule has 0 aromatic carbocycles. The number of ether oxygens (including phenoxy) is 1. The summed E-state index contributed by atoms with van der Waals surface area (Å²) in [5, 5.41) is 8.01. The van der Waals surface area contributed by atoms with Gasteiger partial charge in [0, 0.05) is 6.07 Å². The zero-order chi connectivity index (χ0) is 13.3. The molecule has 0 radical (unpaired) electrons. The summed E-state index contributed by atoms with van der Waals surface area (Å²) in [5.74, 6) is 1.19. The van der Waals surface area contributed by atoms with Crippen LogP contribution in [0.25, 0.3) is 0 Å². The van der Waals surface area contributed by atoms with Crippen LogP contribution in [-0.4, -0.2) is 16.3 Å². The van der Waals surface area contributed by atoms with Gasteiger partial charge in [0.25, 0.3) is 0 Å². The molecule has 1 heterocycles. The summed E-state index contributed by atoms with van der Waals surface area (Å²) in [7, 11) is 0. The van der Waals surface area contributed by atoms with Gasteiger partial charge in [0.15, 0.2) is 16.1 Å². The molecule has 2 rings (SSSR count). The van der Waals surface area contributed by atoms with Crippen LogP contribution in [-0.2, 0) is 0 Å². The Balaban J connectivity index is 2.11. The molecule has 1 aromatic rings. The van der Waals surface area contributed by atoms with Gasteiger partial charge < -0.3 is 4.74 Å². The van der Waals surface area contributed by atoms with Crippen LogP contribution in [0.2, 0.25) is 10.3 Å². The molecule has 1 saturated carbocycles. The Labute approximate surface area is 118 Å². The molecule has 18 heavy (non-hydrogen) atoms. The van der Waals surface area contributed by atoms with E-state index in [4.69, 9.17) is 27.9 Å². The lowest BCUT2D eigenvalue weighted by Crippen LogP contribution is -2.34. The summed E-state index contributed by atoms with van der Waals surface area (Å²) in [6, 6.07) is 1.63. The average molecular weight is 289 g/mol. The van der Waals surface area contributed by atoms with Gasteiger partial charge in [-0.25, -0.2) is 0 Å². The molecule has 0 N–H and O–H groups in total. The number of aromatic nitrogens is 2. The van der Waals surface area contributed by atoms with Crippen molar-refractivity contribution in [3.63, 3.8) is 0 Å². The van der Waals surface area contributed by atoms with Gasteiger partial charge in [0.2, 0.25) is 0 Å². The van der Waals surface area contributed by atoms with Crippen molar-refractivity contribution in [2.45, 2.75) is 46.1 Å². The summed E-state index contributed by atoms with van der Waals surface area (Å²) < 4.78 is 5.95. The van der Waals surface area contributed by atoms with Crippen LogP contribution in [0.5, 0.6) is 5.75 Å². The highest BCUT2D eigenvalue weighted by Crippen LogP contribution is 2.40. The molecule has 0 bridgehead atoms. The minimum atomic E-state index is 0.168. The maximum absolute atomic E-state index is 5.97. The number of rotatable bonds is 2. The number of hydrogen-bond donors (Lipinski definition) is 0. The second-order valence-corrected chi connectivity index (χ2v) is 6.72. The Morgan fingerprint density at radius 2 is 2.00 bits per heavy atom. The smallest absolute Gasteiger partial charge is 0.193 e. The highest BCUT2D eigenvalue weighted by Gasteiger charge is 2.33. The summed E-state index contributed by atoms with van der Waals surface area (Å²) >= 11 is 11.8. The van der Waals surface area contributed by atoms with Gasteiger partial charge in [-0.3, -0.25) is 0 Å². The first kappa shape index (κ1) is 13.9. The summed E-state index contributed by atoms with van der Waals surface area (Å²) in [4.78, 5) is 0. The normalized spacial score (nSPS) is 26.9. The van der Waals surface area contributed by atoms with E-state index in [0.717, 1.165) is 12.8 Å². The standard InChI is InChI=1S/C13H18Cl2N2O/c1-8-4-9(7-13(2,3)6-8)18-10-5-11(14)16-17-12(10)15/h5,8-9H,4,6-7H2,1-3H3. The van der Waals surface area contributed by atoms with Crippen molar-refractivity contribution in [2.75, 3.05) is 0 Å². The molecule has 1 fully saturated rings. The van der Waals surface area contributed by atoms with Gasteiger partial charge in [0.1, 0.15) is 0 Å². The molecule has 1 aliphatic carbocycles. The molecule has 100 valence electrons. The number of hydrogen-bond acceptors (Lipinski definition) is 3. The molecular formula is C13H18Cl2N2O. The predicted octanol–water partition coefficient (Wildman–Crippen LogP) is 4.38. The van der Waals surface area contributed by atoms with Crippen molar-refractivity contribution in [1.29, 1.82) is 0 Å². The van der Waals surface area contributed by atoms with Crippen LogP contribution in [0, 0.1) is 11.3 Å². The Morgan fingerprint density at radius 3 is 2.67 bits per heavy atom. The third-order valence-corrected chi connectivity index (χ3v) is 3.77. The highest BCUT2D eigenvalue weighted by molar-refractivity contribution is 6.32. The van der Waals surface area contributed by atoms with Crippen molar-refractivity contribution in [1.82, 2.24) is 10.2 Å². The maximum Gasteiger partial charge on any atom is 0.193 e. The van der Waals surface area contributed by atoms with Crippen LogP contribution < -0.4 is 4.74 Å². The van der Waals surface area contributed by atoms with E-state index in [2.05, 4.69) is 31.0 Å². The first-order chi connectivity index (χ1) is 8.35. The van der Waals surface area contributed by atoms with E-state index in [9.17, 15) is 0 Å². The van der Waals surface area contributed by atoms with Crippen molar-refractivity contribution >= 4 is 23.2 Å². The van der Waals surface area contributed by atoms with E-state index in [1.165, 1.54) is 6.42 Å². The highest BCUT2D eigenvalue weighted by atomic mass is 35.5. The minimum Gasteiger partial charge on any atom is -0.487 e. The maximum atomic E-state index is 5.97. The molecule has 0 amide bonds. The zero-order valence-corrected chi connectivity index (χ0v) is 12.4. The first-order valence-electron chi connectivity index (χ1n) is 6.21. The van der Waals surface area contributed by atoms with Gasteiger partial charge in [-0.15, -0.1) is 10.2 Å². The molecule has 2 unspecified atom stereocenters. The van der Waals surface area contributed by atoms with Gasteiger partial charge in [-0.05, 0) is 30.6 Å². The van der Waals surface area contributed by atoms with E-state index in [1.54, 1.807) is 6.07 Å². The summed E-state index contributed by atoms with van der Waals surface area (Å²) in [6.45, 7) is 6.81. The lowest BCUT2D eigenvalue weighted by molar-refractivity contribution is 0.0560. The Hall–Kier alpha value is -0.540. The second kappa shape index (κ2) is 5.22. The molecule has 3 nitrogen and oxygen atoms in total. The van der Waals surface area contributed by atoms with Crippen molar-refractivity contribution in [2.24, 2.45) is 11.3 Å². The molecule has 5 heteroatoms. The van der Waals surface area contributed by atoms with Gasteiger partial charge in [-0.2, -0.15) is 0 Å². The monoisotopic (exact) mass is 288 g/mol. The topological polar surface area (TPSA) is 35.0 Å². The molecule has 0 saturated heterocycles. The second-order valence-electron chi connectivity index (χ2n) is 5.98. The van der Waals surface area contributed by atoms with Crippen molar-refractivity contribution < 1.29 is 4.74 Å². The molecule has 1 aliphatic rings. The molecular weight excluding hydrogens is 271 g/mol. The van der Waals surface area contributed by atoms with Crippen molar-refractivity contribution in [3.8, 4) is 5.75 Å². The van der Waals surface area contributed by atoms with E-state index in [0.29, 0.717) is 22.2 Å². The lowest BCUT2D eigenvalue weighted by Gasteiger charge is -2.38. The summed E-state index contributed by atoms with van der Waals surface area (Å²) in [6.07, 6.45) is 3.46. The Bertz CT molecular complexity index is 437. The predicted molar refractivity (Wildman–Crippen MR) is 73.3 cm³/mol. The van der Waals surface area contributed by atoms with Crippen LogP contribution in [0.4, 0.5) is 0 Å². The lowest BCUT2D eigenvalue weighted by atomic mass is 9.71. The van der Waals surface area contributed by atoms with Crippen LogP contribution in [0.3, 0.4) is 0 Å². The zero-order valence-electron chi connectivity index (χ0n) is 10.9. The fourth-order valence-electron chi connectivity index (χ4n) is 2.95. The van der Waals surface area contributed by atoms with Gasteiger partial charge in [-0.1, -0.05) is 44.0 Å². The number of nitrogens with zero attached hydrogens (tertiary/aromatic N) is 2. The fourth-order valence-corrected chi connectivity index (χ4v) is 3.22. The van der Waals surface area contributed by atoms with Crippen LogP contribution in [0.1, 0.15) is 40.0 Å². The average Bonchev–Trinajstić information content (AvgIpc) is 2.20. The van der Waals surface area contributed by atoms with E-state index in [-0.39, 0.29) is 11.3 Å². The third-order valence-electron chi connectivity index (χ3n) is 3.33. The molecule has 1 aromatic heterocycles. The number of halogens is 2. The quantitative estimate of drug-likeness (QED) is 0.810. The van der Waals surface area contributed by atoms with Gasteiger partial charge in [0.05, 0.1) is 6.10 Å². The fraction of sp³-hybridized carbons (Fsp3) is 0.692. The van der Waals surface area contributed by atoms with Crippen LogP contribution in [0.15, 0.2) is 6.07 Å². The van der Waals surface area contributed by atoms with Crippen LogP contribution >= 0.6 is 23.2 Å². The van der Waals surface area contributed by atoms with E-state index in [1.807, 2.05) is 0 Å². The summed E-state index contributed by atoms with van der Waals surface area (Å²) in [5.41, 5.74) is 0.305. The van der Waals surface area contributed by atoms with Crippen molar-refractivity contribution in [3.05, 3.63) is 16.4 Å². The van der Waals surface area contributed by atoms with E-state index < -0.39 is 0 Å². The molecule has 0 aliphatic heterocycles. The largest absolute Gasteiger partial charge is 0.487 e. The molecule has 0 spiro atoms. The minimum absolute atomic E-state index is 0.168. The first-order valence-corrected chi connectivity index (χ1v) is 6.97. The Kier molecular flexibility index (Phi) is 4.02. The Morgan fingerprint density at radius 1 is 1.28 bits per heavy atom. The SMILES string of the molecule is CC1CC(Oc2cc(Cl)nnc2Cl)CC(C)(C)C1. The van der Waals surface area contributed by atoms with E-state index >= 15 is 0 Å². The molecule has 2 atom stereocenters. The third kappa shape index (κ3) is 3.48.